The first-order valence-corrected chi connectivity index (χ1v) is 8.11. The van der Waals surface area contributed by atoms with Gasteiger partial charge in [-0.2, -0.15) is 10.2 Å². The average Bonchev–Trinajstić information content (AvgIpc) is 3.33. The van der Waals surface area contributed by atoms with E-state index in [1.54, 1.807) is 43.2 Å². The Morgan fingerprint density at radius 3 is 2.81 bits per heavy atom. The van der Waals surface area contributed by atoms with E-state index in [4.69, 9.17) is 4.42 Å². The molecule has 0 aliphatic heterocycles. The smallest absolute Gasteiger partial charge is 0.274 e. The minimum atomic E-state index is -0.524. The van der Waals surface area contributed by atoms with Gasteiger partial charge in [0.1, 0.15) is 11.8 Å². The first-order valence-electron chi connectivity index (χ1n) is 8.11. The second kappa shape index (κ2) is 7.26. The summed E-state index contributed by atoms with van der Waals surface area (Å²) in [6.07, 6.45) is 4.76. The molecule has 0 saturated heterocycles. The van der Waals surface area contributed by atoms with Gasteiger partial charge < -0.3 is 15.1 Å². The van der Waals surface area contributed by atoms with Crippen LogP contribution in [0.15, 0.2) is 41.3 Å². The lowest BCUT2D eigenvalue weighted by atomic mass is 10.2. The van der Waals surface area contributed by atoms with Crippen molar-refractivity contribution in [3.05, 3.63) is 54.0 Å². The predicted molar refractivity (Wildman–Crippen MR) is 93.4 cm³/mol. The maximum atomic E-state index is 12.5. The lowest BCUT2D eigenvalue weighted by Gasteiger charge is -2.14. The van der Waals surface area contributed by atoms with Crippen molar-refractivity contribution in [3.8, 4) is 0 Å². The van der Waals surface area contributed by atoms with Crippen LogP contribution in [-0.4, -0.2) is 31.4 Å². The monoisotopic (exact) mass is 356 g/mol. The first kappa shape index (κ1) is 17.5. The van der Waals surface area contributed by atoms with Gasteiger partial charge in [-0.15, -0.1) is 0 Å². The molecule has 2 N–H and O–H groups in total. The van der Waals surface area contributed by atoms with Crippen molar-refractivity contribution >= 4 is 17.5 Å². The summed E-state index contributed by atoms with van der Waals surface area (Å²) in [5, 5.41) is 13.8. The number of carbonyl (C=O) groups is 2. The highest BCUT2D eigenvalue weighted by Crippen LogP contribution is 2.17. The number of furan rings is 1. The Hall–Kier alpha value is -3.36. The highest BCUT2D eigenvalue weighted by atomic mass is 16.3. The molecule has 0 radical (unpaired) electrons. The zero-order valence-corrected chi connectivity index (χ0v) is 14.8. The van der Waals surface area contributed by atoms with Crippen molar-refractivity contribution in [1.29, 1.82) is 0 Å². The largest absolute Gasteiger partial charge is 0.467 e. The van der Waals surface area contributed by atoms with Gasteiger partial charge in [-0.05, 0) is 32.0 Å². The molecule has 0 bridgehead atoms. The van der Waals surface area contributed by atoms with Gasteiger partial charge in [-0.1, -0.05) is 0 Å². The van der Waals surface area contributed by atoms with Crippen LogP contribution in [-0.2, 0) is 18.4 Å². The number of aryl methyl sites for hydroxylation is 2. The summed E-state index contributed by atoms with van der Waals surface area (Å²) < 4.78 is 8.27. The Kier molecular flexibility index (Phi) is 4.87. The van der Waals surface area contributed by atoms with Gasteiger partial charge in [-0.3, -0.25) is 19.0 Å². The number of amides is 2. The van der Waals surface area contributed by atoms with Crippen LogP contribution in [0.4, 0.5) is 5.69 Å². The molecule has 3 rings (SSSR count). The number of carbonyl (C=O) groups excluding carboxylic acids is 2. The minimum Gasteiger partial charge on any atom is -0.467 e. The van der Waals surface area contributed by atoms with Crippen LogP contribution in [0.25, 0.3) is 0 Å². The second-order valence-corrected chi connectivity index (χ2v) is 5.91. The Labute approximate surface area is 150 Å². The van der Waals surface area contributed by atoms with Crippen molar-refractivity contribution in [1.82, 2.24) is 24.9 Å². The summed E-state index contributed by atoms with van der Waals surface area (Å²) in [6.45, 7) is 3.84. The highest BCUT2D eigenvalue weighted by molar-refractivity contribution is 6.02. The fraction of sp³-hybridized carbons (Fsp3) is 0.294. The normalized spacial score (nSPS) is 12.0. The first-order chi connectivity index (χ1) is 12.5. The van der Waals surface area contributed by atoms with E-state index >= 15 is 0 Å². The molecule has 3 aromatic rings. The van der Waals surface area contributed by atoms with Crippen LogP contribution in [0.2, 0.25) is 0 Å². The molecule has 0 fully saturated rings. The molecule has 0 aliphatic carbocycles. The van der Waals surface area contributed by atoms with E-state index in [9.17, 15) is 9.59 Å². The van der Waals surface area contributed by atoms with Gasteiger partial charge in [0.05, 0.1) is 18.5 Å². The van der Waals surface area contributed by atoms with E-state index in [1.165, 1.54) is 10.9 Å². The molecular weight excluding hydrogens is 336 g/mol. The minimum absolute atomic E-state index is 0.136. The van der Waals surface area contributed by atoms with E-state index in [2.05, 4.69) is 20.8 Å². The molecule has 0 saturated carbocycles. The van der Waals surface area contributed by atoms with E-state index in [0.29, 0.717) is 11.4 Å². The Morgan fingerprint density at radius 1 is 1.35 bits per heavy atom. The van der Waals surface area contributed by atoms with E-state index in [0.717, 1.165) is 5.69 Å². The topological polar surface area (TPSA) is 107 Å². The summed E-state index contributed by atoms with van der Waals surface area (Å²) in [6, 6.07) is 4.80. The molecule has 0 aliphatic rings. The molecule has 3 heterocycles. The summed E-state index contributed by atoms with van der Waals surface area (Å²) in [5.41, 5.74) is 1.35. The summed E-state index contributed by atoms with van der Waals surface area (Å²) in [5.74, 6) is -0.0623. The van der Waals surface area contributed by atoms with Crippen LogP contribution >= 0.6 is 0 Å². The highest BCUT2D eigenvalue weighted by Gasteiger charge is 2.22. The molecule has 1 unspecified atom stereocenters. The van der Waals surface area contributed by atoms with Crippen molar-refractivity contribution in [2.45, 2.75) is 26.4 Å². The zero-order valence-electron chi connectivity index (χ0n) is 14.8. The number of hydrogen-bond donors (Lipinski definition) is 2. The fourth-order valence-electron chi connectivity index (χ4n) is 2.55. The summed E-state index contributed by atoms with van der Waals surface area (Å²) >= 11 is 0. The van der Waals surface area contributed by atoms with Gasteiger partial charge in [0.25, 0.3) is 5.91 Å². The van der Waals surface area contributed by atoms with Crippen molar-refractivity contribution < 1.29 is 14.0 Å². The van der Waals surface area contributed by atoms with Crippen LogP contribution < -0.4 is 10.6 Å². The Balaban J connectivity index is 1.71. The van der Waals surface area contributed by atoms with Crippen LogP contribution in [0.1, 0.15) is 34.9 Å². The SMILES string of the molecule is Cc1ccnn1C(C)C(=O)Nc1cn(C)nc1C(=O)NCc1ccco1. The van der Waals surface area contributed by atoms with Crippen molar-refractivity contribution in [3.63, 3.8) is 0 Å². The molecule has 2 amide bonds. The lowest BCUT2D eigenvalue weighted by molar-refractivity contribution is -0.119. The maximum absolute atomic E-state index is 12.5. The van der Waals surface area contributed by atoms with Crippen LogP contribution in [0, 0.1) is 6.92 Å². The van der Waals surface area contributed by atoms with Crippen molar-refractivity contribution in [2.75, 3.05) is 5.32 Å². The van der Waals surface area contributed by atoms with Gasteiger partial charge in [-0.25, -0.2) is 0 Å². The lowest BCUT2D eigenvalue weighted by Crippen LogP contribution is -2.28. The Bertz CT molecular complexity index is 909. The summed E-state index contributed by atoms with van der Waals surface area (Å²) in [4.78, 5) is 24.9. The predicted octanol–water partition coefficient (Wildman–Crippen LogP) is 1.65. The second-order valence-electron chi connectivity index (χ2n) is 5.91. The molecule has 136 valence electrons. The molecule has 3 aromatic heterocycles. The van der Waals surface area contributed by atoms with Gasteiger partial charge in [0.15, 0.2) is 5.69 Å². The number of rotatable bonds is 6. The standard InChI is InChI=1S/C17H20N6O3/c1-11-6-7-19-23(11)12(2)16(24)20-14-10-22(3)21-15(14)17(25)18-9-13-5-4-8-26-13/h4-8,10,12H,9H2,1-3H3,(H,18,25)(H,20,24). The number of nitrogens with zero attached hydrogens (tertiary/aromatic N) is 4. The molecular formula is C17H20N6O3. The zero-order chi connectivity index (χ0) is 18.7. The molecule has 9 nitrogen and oxygen atoms in total. The molecule has 9 heteroatoms. The Morgan fingerprint density at radius 2 is 2.15 bits per heavy atom. The van der Waals surface area contributed by atoms with E-state index < -0.39 is 11.9 Å². The fourth-order valence-corrected chi connectivity index (χ4v) is 2.55. The van der Waals surface area contributed by atoms with E-state index in [1.807, 2.05) is 13.0 Å². The van der Waals surface area contributed by atoms with Crippen molar-refractivity contribution in [2.24, 2.45) is 7.05 Å². The third-order valence-electron chi connectivity index (χ3n) is 3.92. The number of anilines is 1. The average molecular weight is 356 g/mol. The molecule has 26 heavy (non-hydrogen) atoms. The number of aromatic nitrogens is 4. The summed E-state index contributed by atoms with van der Waals surface area (Å²) in [7, 11) is 1.68. The van der Waals surface area contributed by atoms with Gasteiger partial charge in [0.2, 0.25) is 5.91 Å². The quantitative estimate of drug-likeness (QED) is 0.698. The van der Waals surface area contributed by atoms with Crippen LogP contribution in [0.5, 0.6) is 0 Å². The molecule has 0 spiro atoms. The molecule has 0 aromatic carbocycles. The van der Waals surface area contributed by atoms with Gasteiger partial charge >= 0.3 is 0 Å². The third-order valence-corrected chi connectivity index (χ3v) is 3.92. The van der Waals surface area contributed by atoms with E-state index in [-0.39, 0.29) is 18.1 Å². The van der Waals surface area contributed by atoms with Crippen LogP contribution in [0.3, 0.4) is 0 Å². The molecule has 1 atom stereocenters. The number of hydrogen-bond acceptors (Lipinski definition) is 5. The maximum Gasteiger partial charge on any atom is 0.274 e. The third kappa shape index (κ3) is 3.66. The number of nitrogens with one attached hydrogen (secondary N) is 2. The van der Waals surface area contributed by atoms with Gasteiger partial charge in [0, 0.05) is 25.1 Å².